The van der Waals surface area contributed by atoms with Gasteiger partial charge in [0.2, 0.25) is 0 Å². The molecule has 1 unspecified atom stereocenters. The summed E-state index contributed by atoms with van der Waals surface area (Å²) in [6, 6.07) is 6.89. The molecular weight excluding hydrogens is 314 g/mol. The van der Waals surface area contributed by atoms with Gasteiger partial charge in [0.25, 0.3) is 0 Å². The van der Waals surface area contributed by atoms with Gasteiger partial charge in [-0.05, 0) is 49.7 Å². The fourth-order valence-corrected chi connectivity index (χ4v) is 3.77. The van der Waals surface area contributed by atoms with Crippen molar-refractivity contribution in [3.05, 3.63) is 28.2 Å². The van der Waals surface area contributed by atoms with E-state index in [9.17, 15) is 0 Å². The van der Waals surface area contributed by atoms with Crippen molar-refractivity contribution < 1.29 is 4.74 Å². The average Bonchev–Trinajstić information content (AvgIpc) is 2.60. The van der Waals surface area contributed by atoms with Crippen molar-refractivity contribution in [1.29, 1.82) is 0 Å². The first kappa shape index (κ1) is 14.4. The van der Waals surface area contributed by atoms with Gasteiger partial charge in [0.15, 0.2) is 0 Å². The summed E-state index contributed by atoms with van der Waals surface area (Å²) in [5.41, 5.74) is 1.90. The highest BCUT2D eigenvalue weighted by Gasteiger charge is 2.35. The highest BCUT2D eigenvalue weighted by Crippen LogP contribution is 2.44. The Morgan fingerprint density at radius 2 is 2.20 bits per heavy atom. The second kappa shape index (κ2) is 6.07. The van der Waals surface area contributed by atoms with Crippen LogP contribution in [0.2, 0.25) is 0 Å². The number of nitrogens with one attached hydrogen (secondary N) is 1. The van der Waals surface area contributed by atoms with Gasteiger partial charge in [-0.15, -0.1) is 0 Å². The lowest BCUT2D eigenvalue weighted by molar-refractivity contribution is 0.118. The quantitative estimate of drug-likeness (QED) is 0.849. The molecule has 0 saturated heterocycles. The maximum atomic E-state index is 5.89. The predicted octanol–water partition coefficient (Wildman–Crippen LogP) is 4.83. The van der Waals surface area contributed by atoms with Crippen LogP contribution in [0.25, 0.3) is 0 Å². The Bertz CT molecular complexity index is 465. The molecule has 1 saturated carbocycles. The van der Waals surface area contributed by atoms with Gasteiger partial charge in [-0.2, -0.15) is 0 Å². The molecule has 0 amide bonds. The van der Waals surface area contributed by atoms with Gasteiger partial charge < -0.3 is 10.1 Å². The fourth-order valence-electron chi connectivity index (χ4n) is 3.43. The molecule has 1 heterocycles. The molecule has 2 nitrogen and oxygen atoms in total. The number of rotatable bonds is 4. The summed E-state index contributed by atoms with van der Waals surface area (Å²) in [7, 11) is 0. The lowest BCUT2D eigenvalue weighted by atomic mass is 9.67. The maximum Gasteiger partial charge on any atom is 0.125 e. The van der Waals surface area contributed by atoms with Crippen molar-refractivity contribution >= 4 is 15.9 Å². The van der Waals surface area contributed by atoms with Crippen LogP contribution in [0.15, 0.2) is 22.7 Å². The number of hydrogen-bond acceptors (Lipinski definition) is 2. The zero-order chi connectivity index (χ0) is 14.0. The minimum Gasteiger partial charge on any atom is -0.493 e. The summed E-state index contributed by atoms with van der Waals surface area (Å²) in [5.74, 6) is 1.05. The molecule has 1 aliphatic carbocycles. The topological polar surface area (TPSA) is 21.3 Å². The normalized spacial score (nSPS) is 24.2. The SMILES string of the molecule is CCC1(CNC2CCCOc3cc(Br)ccc32)CCC1. The molecule has 3 rings (SSSR count). The summed E-state index contributed by atoms with van der Waals surface area (Å²) in [5, 5.41) is 3.84. The Hall–Kier alpha value is -0.540. The molecule has 1 aromatic rings. The van der Waals surface area contributed by atoms with Crippen LogP contribution in [0.1, 0.15) is 57.1 Å². The average molecular weight is 338 g/mol. The predicted molar refractivity (Wildman–Crippen MR) is 86.2 cm³/mol. The van der Waals surface area contributed by atoms with E-state index < -0.39 is 0 Å². The molecule has 1 aromatic carbocycles. The van der Waals surface area contributed by atoms with Gasteiger partial charge in [-0.3, -0.25) is 0 Å². The molecule has 110 valence electrons. The number of ether oxygens (including phenoxy) is 1. The minimum absolute atomic E-state index is 0.449. The zero-order valence-corrected chi connectivity index (χ0v) is 13.8. The van der Waals surface area contributed by atoms with Crippen LogP contribution >= 0.6 is 15.9 Å². The number of fused-ring (bicyclic) bond motifs is 1. The molecule has 2 aliphatic rings. The molecule has 0 spiro atoms. The zero-order valence-electron chi connectivity index (χ0n) is 12.3. The summed E-state index contributed by atoms with van der Waals surface area (Å²) in [4.78, 5) is 0. The highest BCUT2D eigenvalue weighted by atomic mass is 79.9. The summed E-state index contributed by atoms with van der Waals surface area (Å²) >= 11 is 3.54. The van der Waals surface area contributed by atoms with E-state index in [1.54, 1.807) is 0 Å². The third kappa shape index (κ3) is 2.89. The second-order valence-electron chi connectivity index (χ2n) is 6.31. The molecule has 0 radical (unpaired) electrons. The monoisotopic (exact) mass is 337 g/mol. The van der Waals surface area contributed by atoms with E-state index in [4.69, 9.17) is 4.74 Å². The van der Waals surface area contributed by atoms with E-state index in [0.29, 0.717) is 11.5 Å². The van der Waals surface area contributed by atoms with Crippen molar-refractivity contribution in [3.63, 3.8) is 0 Å². The Morgan fingerprint density at radius 1 is 1.35 bits per heavy atom. The van der Waals surface area contributed by atoms with Crippen molar-refractivity contribution in [2.24, 2.45) is 5.41 Å². The number of benzene rings is 1. The third-order valence-electron chi connectivity index (χ3n) is 5.13. The Kier molecular flexibility index (Phi) is 4.37. The molecule has 1 aliphatic heterocycles. The largest absolute Gasteiger partial charge is 0.493 e. The van der Waals surface area contributed by atoms with Crippen LogP contribution in [0.4, 0.5) is 0 Å². The Labute approximate surface area is 130 Å². The first-order valence-corrected chi connectivity index (χ1v) is 8.67. The second-order valence-corrected chi connectivity index (χ2v) is 7.23. The van der Waals surface area contributed by atoms with E-state index in [-0.39, 0.29) is 0 Å². The first-order valence-electron chi connectivity index (χ1n) is 7.88. The van der Waals surface area contributed by atoms with Crippen LogP contribution in [-0.2, 0) is 0 Å². The Morgan fingerprint density at radius 3 is 2.90 bits per heavy atom. The van der Waals surface area contributed by atoms with Crippen LogP contribution < -0.4 is 10.1 Å². The lowest BCUT2D eigenvalue weighted by Crippen LogP contribution is -2.40. The summed E-state index contributed by atoms with van der Waals surface area (Å²) in [6.45, 7) is 4.33. The maximum absolute atomic E-state index is 5.89. The summed E-state index contributed by atoms with van der Waals surface area (Å²) < 4.78 is 6.99. The van der Waals surface area contributed by atoms with Crippen molar-refractivity contribution in [3.8, 4) is 5.75 Å². The van der Waals surface area contributed by atoms with Gasteiger partial charge in [0.1, 0.15) is 5.75 Å². The lowest BCUT2D eigenvalue weighted by Gasteiger charge is -2.42. The van der Waals surface area contributed by atoms with Crippen LogP contribution in [0.3, 0.4) is 0 Å². The molecule has 1 N–H and O–H groups in total. The van der Waals surface area contributed by atoms with Gasteiger partial charge in [-0.1, -0.05) is 35.3 Å². The van der Waals surface area contributed by atoms with Crippen molar-refractivity contribution in [2.45, 2.75) is 51.5 Å². The fraction of sp³-hybridized carbons (Fsp3) is 0.647. The van der Waals surface area contributed by atoms with Crippen LogP contribution in [-0.4, -0.2) is 13.2 Å². The van der Waals surface area contributed by atoms with Gasteiger partial charge in [-0.25, -0.2) is 0 Å². The van der Waals surface area contributed by atoms with Gasteiger partial charge in [0, 0.05) is 22.6 Å². The smallest absolute Gasteiger partial charge is 0.125 e. The molecule has 1 atom stereocenters. The third-order valence-corrected chi connectivity index (χ3v) is 5.63. The standard InChI is InChI=1S/C17H24BrNO/c1-2-17(8-4-9-17)12-19-15-5-3-10-20-16-11-13(18)6-7-14(15)16/h6-7,11,15,19H,2-5,8-10,12H2,1H3. The number of halogens is 1. The molecule has 1 fully saturated rings. The molecule has 0 aromatic heterocycles. The van der Waals surface area contributed by atoms with Crippen LogP contribution in [0, 0.1) is 5.41 Å². The highest BCUT2D eigenvalue weighted by molar-refractivity contribution is 9.10. The van der Waals surface area contributed by atoms with E-state index in [1.165, 1.54) is 37.7 Å². The van der Waals surface area contributed by atoms with Crippen molar-refractivity contribution in [2.75, 3.05) is 13.2 Å². The van der Waals surface area contributed by atoms with E-state index in [0.717, 1.165) is 29.8 Å². The molecule has 3 heteroatoms. The van der Waals surface area contributed by atoms with Crippen molar-refractivity contribution in [1.82, 2.24) is 5.32 Å². The molecule has 20 heavy (non-hydrogen) atoms. The molecular formula is C17H24BrNO. The molecule has 0 bridgehead atoms. The van der Waals surface area contributed by atoms with Gasteiger partial charge in [0.05, 0.1) is 6.61 Å². The Balaban J connectivity index is 1.73. The van der Waals surface area contributed by atoms with E-state index >= 15 is 0 Å². The van der Waals surface area contributed by atoms with E-state index in [1.807, 2.05) is 0 Å². The first-order chi connectivity index (χ1) is 9.72. The van der Waals surface area contributed by atoms with E-state index in [2.05, 4.69) is 46.4 Å². The number of hydrogen-bond donors (Lipinski definition) is 1. The van der Waals surface area contributed by atoms with Gasteiger partial charge >= 0.3 is 0 Å². The van der Waals surface area contributed by atoms with Crippen LogP contribution in [0.5, 0.6) is 5.75 Å². The summed E-state index contributed by atoms with van der Waals surface area (Å²) in [6.07, 6.45) is 7.81. The minimum atomic E-state index is 0.449.